The van der Waals surface area contributed by atoms with Crippen molar-refractivity contribution in [2.75, 3.05) is 0 Å². The molecule has 0 bridgehead atoms. The predicted molar refractivity (Wildman–Crippen MR) is 98.0 cm³/mol. The monoisotopic (exact) mass is 307 g/mol. The van der Waals surface area contributed by atoms with Crippen LogP contribution in [-0.2, 0) is 0 Å². The van der Waals surface area contributed by atoms with E-state index in [0.717, 1.165) is 11.8 Å². The van der Waals surface area contributed by atoms with Crippen LogP contribution in [0, 0.1) is 17.3 Å². The van der Waals surface area contributed by atoms with Gasteiger partial charge in [0.25, 0.3) is 0 Å². The van der Waals surface area contributed by atoms with Crippen molar-refractivity contribution in [3.8, 4) is 0 Å². The zero-order chi connectivity index (χ0) is 15.8. The molecule has 0 saturated heterocycles. The Morgan fingerprint density at radius 1 is 0.909 bits per heavy atom. The summed E-state index contributed by atoms with van der Waals surface area (Å²) in [6, 6.07) is 0.462. The van der Waals surface area contributed by atoms with Crippen molar-refractivity contribution in [3.05, 3.63) is 0 Å². The second-order valence-electron chi connectivity index (χ2n) is 8.71. The van der Waals surface area contributed by atoms with Gasteiger partial charge in [-0.25, -0.2) is 0 Å². The summed E-state index contributed by atoms with van der Waals surface area (Å²) in [5.74, 6) is 1.77. The number of nitrogens with two attached hydrogens (primary N) is 1. The Morgan fingerprint density at radius 3 is 2.09 bits per heavy atom. The Labute approximate surface area is 139 Å². The molecule has 2 rings (SSSR count). The first-order chi connectivity index (χ1) is 10.7. The summed E-state index contributed by atoms with van der Waals surface area (Å²) in [6.45, 7) is 4.90. The van der Waals surface area contributed by atoms with E-state index in [1.165, 1.54) is 96.3 Å². The van der Waals surface area contributed by atoms with Crippen molar-refractivity contribution in [2.45, 2.75) is 116 Å². The van der Waals surface area contributed by atoms with Crippen LogP contribution in [0.1, 0.15) is 110 Å². The highest BCUT2D eigenvalue weighted by Crippen LogP contribution is 2.49. The van der Waals surface area contributed by atoms with Crippen LogP contribution in [0.3, 0.4) is 0 Å². The molecule has 1 heteroatoms. The van der Waals surface area contributed by atoms with Crippen LogP contribution in [0.15, 0.2) is 0 Å². The molecule has 1 nitrogen and oxygen atoms in total. The molecule has 3 atom stereocenters. The quantitative estimate of drug-likeness (QED) is 0.634. The summed E-state index contributed by atoms with van der Waals surface area (Å²) in [6.07, 6.45) is 21.5. The van der Waals surface area contributed by atoms with E-state index in [1.807, 2.05) is 0 Å². The first-order valence-corrected chi connectivity index (χ1v) is 10.4. The molecule has 2 fully saturated rings. The molecular formula is C21H41N. The summed E-state index contributed by atoms with van der Waals surface area (Å²) >= 11 is 0. The van der Waals surface area contributed by atoms with Gasteiger partial charge >= 0.3 is 0 Å². The fraction of sp³-hybridized carbons (Fsp3) is 1.00. The van der Waals surface area contributed by atoms with E-state index in [9.17, 15) is 0 Å². The molecule has 2 N–H and O–H groups in total. The Morgan fingerprint density at radius 2 is 1.50 bits per heavy atom. The number of hydrogen-bond acceptors (Lipinski definition) is 1. The van der Waals surface area contributed by atoms with E-state index in [1.54, 1.807) is 0 Å². The van der Waals surface area contributed by atoms with Gasteiger partial charge in [0, 0.05) is 6.04 Å². The Kier molecular flexibility index (Phi) is 7.74. The van der Waals surface area contributed by atoms with Crippen LogP contribution in [0.2, 0.25) is 0 Å². The van der Waals surface area contributed by atoms with Crippen molar-refractivity contribution < 1.29 is 0 Å². The van der Waals surface area contributed by atoms with E-state index < -0.39 is 0 Å². The van der Waals surface area contributed by atoms with Gasteiger partial charge < -0.3 is 5.73 Å². The fourth-order valence-corrected chi connectivity index (χ4v) is 5.38. The van der Waals surface area contributed by atoms with Gasteiger partial charge in [-0.15, -0.1) is 0 Å². The lowest BCUT2D eigenvalue weighted by molar-refractivity contribution is 0.0576. The second kappa shape index (κ2) is 9.30. The van der Waals surface area contributed by atoms with Crippen molar-refractivity contribution in [3.63, 3.8) is 0 Å². The third-order valence-electron chi connectivity index (χ3n) is 6.87. The summed E-state index contributed by atoms with van der Waals surface area (Å²) in [7, 11) is 0. The number of hydrogen-bond donors (Lipinski definition) is 1. The maximum absolute atomic E-state index is 6.51. The highest BCUT2D eigenvalue weighted by atomic mass is 14.7. The molecule has 0 aliphatic heterocycles. The molecule has 0 heterocycles. The minimum atomic E-state index is 0.462. The van der Waals surface area contributed by atoms with Crippen LogP contribution >= 0.6 is 0 Å². The molecule has 22 heavy (non-hydrogen) atoms. The normalized spacial score (nSPS) is 34.2. The zero-order valence-corrected chi connectivity index (χ0v) is 15.4. The summed E-state index contributed by atoms with van der Waals surface area (Å²) in [4.78, 5) is 0. The van der Waals surface area contributed by atoms with Crippen LogP contribution in [0.25, 0.3) is 0 Å². The van der Waals surface area contributed by atoms with E-state index in [2.05, 4.69) is 13.8 Å². The molecule has 0 amide bonds. The van der Waals surface area contributed by atoms with Gasteiger partial charge in [-0.05, 0) is 55.8 Å². The van der Waals surface area contributed by atoms with Gasteiger partial charge in [0.1, 0.15) is 0 Å². The summed E-state index contributed by atoms with van der Waals surface area (Å²) < 4.78 is 0. The van der Waals surface area contributed by atoms with Gasteiger partial charge in [-0.2, -0.15) is 0 Å². The molecule has 2 aliphatic rings. The Hall–Kier alpha value is -0.0400. The maximum Gasteiger partial charge on any atom is 0.00672 e. The minimum Gasteiger partial charge on any atom is -0.327 e. The highest BCUT2D eigenvalue weighted by molar-refractivity contribution is 4.91. The predicted octanol–water partition coefficient (Wildman–Crippen LogP) is 6.45. The highest BCUT2D eigenvalue weighted by Gasteiger charge is 2.39. The summed E-state index contributed by atoms with van der Waals surface area (Å²) in [5.41, 5.74) is 7.10. The van der Waals surface area contributed by atoms with E-state index in [0.29, 0.717) is 11.5 Å². The van der Waals surface area contributed by atoms with Gasteiger partial charge in [0.05, 0.1) is 0 Å². The van der Waals surface area contributed by atoms with Crippen LogP contribution in [-0.4, -0.2) is 6.04 Å². The average Bonchev–Trinajstić information content (AvgIpc) is 2.52. The number of rotatable bonds is 4. The molecule has 0 radical (unpaired) electrons. The second-order valence-corrected chi connectivity index (χ2v) is 8.71. The van der Waals surface area contributed by atoms with E-state index in [4.69, 9.17) is 5.73 Å². The molecule has 130 valence electrons. The largest absolute Gasteiger partial charge is 0.327 e. The molecular weight excluding hydrogens is 266 g/mol. The maximum atomic E-state index is 6.51. The average molecular weight is 308 g/mol. The lowest BCUT2D eigenvalue weighted by atomic mass is 9.60. The van der Waals surface area contributed by atoms with Crippen molar-refractivity contribution in [1.29, 1.82) is 0 Å². The molecule has 0 aromatic carbocycles. The third-order valence-corrected chi connectivity index (χ3v) is 6.87. The van der Waals surface area contributed by atoms with Crippen molar-refractivity contribution in [2.24, 2.45) is 23.0 Å². The van der Waals surface area contributed by atoms with Gasteiger partial charge in [-0.1, -0.05) is 71.6 Å². The van der Waals surface area contributed by atoms with E-state index >= 15 is 0 Å². The lowest BCUT2D eigenvalue weighted by Gasteiger charge is -2.46. The summed E-state index contributed by atoms with van der Waals surface area (Å²) in [5, 5.41) is 0. The minimum absolute atomic E-state index is 0.462. The van der Waals surface area contributed by atoms with Gasteiger partial charge in [0.2, 0.25) is 0 Å². The lowest BCUT2D eigenvalue weighted by Crippen LogP contribution is -2.40. The van der Waals surface area contributed by atoms with Crippen molar-refractivity contribution in [1.82, 2.24) is 0 Å². The molecule has 3 unspecified atom stereocenters. The SMILES string of the molecule is CCCC(N)C1CCCC(C)(C2CCCCCCCCC2)C1. The Balaban J connectivity index is 1.96. The molecule has 0 spiro atoms. The van der Waals surface area contributed by atoms with Crippen molar-refractivity contribution >= 4 is 0 Å². The zero-order valence-electron chi connectivity index (χ0n) is 15.4. The molecule has 2 aliphatic carbocycles. The fourth-order valence-electron chi connectivity index (χ4n) is 5.38. The smallest absolute Gasteiger partial charge is 0.00672 e. The first kappa shape index (κ1) is 18.3. The van der Waals surface area contributed by atoms with Crippen LogP contribution < -0.4 is 5.73 Å². The van der Waals surface area contributed by atoms with Gasteiger partial charge in [0.15, 0.2) is 0 Å². The topological polar surface area (TPSA) is 26.0 Å². The molecule has 0 aromatic rings. The first-order valence-electron chi connectivity index (χ1n) is 10.4. The molecule has 0 aromatic heterocycles. The molecule has 2 saturated carbocycles. The van der Waals surface area contributed by atoms with E-state index in [-0.39, 0.29) is 0 Å². The van der Waals surface area contributed by atoms with Crippen LogP contribution in [0.4, 0.5) is 0 Å². The Bertz CT molecular complexity index is 290. The van der Waals surface area contributed by atoms with Crippen LogP contribution in [0.5, 0.6) is 0 Å². The standard InChI is InChI=1S/C21H41N/c1-3-12-20(22)18-13-11-16-21(2,17-18)19-14-9-7-5-4-6-8-10-15-19/h18-20H,3-17,22H2,1-2H3. The van der Waals surface area contributed by atoms with Gasteiger partial charge in [-0.3, -0.25) is 0 Å². The third kappa shape index (κ3) is 5.25.